The van der Waals surface area contributed by atoms with Crippen LogP contribution in [0.15, 0.2) is 84.4 Å². The molecule has 6 heteroatoms. The van der Waals surface area contributed by atoms with Crippen LogP contribution in [-0.2, 0) is 0 Å². The molecule has 4 rings (SSSR count). The molecule has 6 nitrogen and oxygen atoms in total. The monoisotopic (exact) mass is 395 g/mol. The number of hydrogen-bond donors (Lipinski definition) is 1. The Kier molecular flexibility index (Phi) is 5.48. The smallest absolute Gasteiger partial charge is 0.267 e. The lowest BCUT2D eigenvalue weighted by Gasteiger charge is -2.05. The molecule has 0 aliphatic rings. The molecule has 0 bridgehead atoms. The minimum Gasteiger partial charge on any atom is -0.267 e. The molecule has 30 heavy (non-hydrogen) atoms. The van der Waals surface area contributed by atoms with Crippen LogP contribution in [0, 0.1) is 13.8 Å². The quantitative estimate of drug-likeness (QED) is 0.404. The minimum absolute atomic E-state index is 0.294. The Labute approximate surface area is 174 Å². The fourth-order valence-electron chi connectivity index (χ4n) is 3.21. The van der Waals surface area contributed by atoms with E-state index in [1.54, 1.807) is 30.7 Å². The first-order valence-corrected chi connectivity index (χ1v) is 9.58. The van der Waals surface area contributed by atoms with E-state index < -0.39 is 0 Å². The standard InChI is InChI=1S/C24H21N5O/c1-17-8-9-22(18(2)14-17)23-20(16-29(28-23)21-6-4-3-5-7-21)15-26-27-24(30)19-10-12-25-13-11-19/h3-16H,1-2H3,(H,27,30)/b26-15-. The molecule has 1 amide bonds. The van der Waals surface area contributed by atoms with Crippen LogP contribution in [0.4, 0.5) is 0 Å². The summed E-state index contributed by atoms with van der Waals surface area (Å²) in [6, 6.07) is 19.4. The van der Waals surface area contributed by atoms with Crippen LogP contribution in [0.25, 0.3) is 16.9 Å². The normalized spacial score (nSPS) is 11.0. The Morgan fingerprint density at radius 2 is 1.80 bits per heavy atom. The van der Waals surface area contributed by atoms with Crippen molar-refractivity contribution in [2.75, 3.05) is 0 Å². The highest BCUT2D eigenvalue weighted by Gasteiger charge is 2.13. The molecule has 0 aliphatic carbocycles. The zero-order chi connectivity index (χ0) is 20.9. The van der Waals surface area contributed by atoms with E-state index in [-0.39, 0.29) is 5.91 Å². The van der Waals surface area contributed by atoms with Crippen molar-refractivity contribution < 1.29 is 4.79 Å². The topological polar surface area (TPSA) is 72.2 Å². The first-order chi connectivity index (χ1) is 14.6. The molecule has 0 spiro atoms. The van der Waals surface area contributed by atoms with Gasteiger partial charge in [-0.15, -0.1) is 0 Å². The first-order valence-electron chi connectivity index (χ1n) is 9.58. The fourth-order valence-corrected chi connectivity index (χ4v) is 3.21. The van der Waals surface area contributed by atoms with Gasteiger partial charge in [-0.05, 0) is 43.7 Å². The summed E-state index contributed by atoms with van der Waals surface area (Å²) in [5.74, 6) is -0.294. The number of carbonyl (C=O) groups is 1. The number of carbonyl (C=O) groups excluding carboxylic acids is 1. The molecular weight excluding hydrogens is 374 g/mol. The molecule has 0 saturated carbocycles. The Bertz CT molecular complexity index is 1200. The van der Waals surface area contributed by atoms with Crippen molar-refractivity contribution in [2.24, 2.45) is 5.10 Å². The third-order valence-corrected chi connectivity index (χ3v) is 4.71. The van der Waals surface area contributed by atoms with E-state index in [1.165, 1.54) is 5.56 Å². The van der Waals surface area contributed by atoms with E-state index in [4.69, 9.17) is 5.10 Å². The predicted molar refractivity (Wildman–Crippen MR) is 118 cm³/mol. The zero-order valence-electron chi connectivity index (χ0n) is 16.8. The number of hydrogen-bond acceptors (Lipinski definition) is 4. The van der Waals surface area contributed by atoms with Crippen molar-refractivity contribution in [1.29, 1.82) is 0 Å². The van der Waals surface area contributed by atoms with Crippen LogP contribution in [0.2, 0.25) is 0 Å². The van der Waals surface area contributed by atoms with Crippen LogP contribution in [0.1, 0.15) is 27.0 Å². The molecule has 0 aliphatic heterocycles. The van der Waals surface area contributed by atoms with Crippen LogP contribution in [0.3, 0.4) is 0 Å². The summed E-state index contributed by atoms with van der Waals surface area (Å²) < 4.78 is 1.82. The van der Waals surface area contributed by atoms with Crippen LogP contribution in [0.5, 0.6) is 0 Å². The minimum atomic E-state index is -0.294. The van der Waals surface area contributed by atoms with Gasteiger partial charge in [0, 0.05) is 35.3 Å². The number of amides is 1. The number of nitrogens with one attached hydrogen (secondary N) is 1. The molecule has 2 aromatic carbocycles. The second kappa shape index (κ2) is 8.53. The van der Waals surface area contributed by atoms with Gasteiger partial charge in [-0.1, -0.05) is 42.0 Å². The highest BCUT2D eigenvalue weighted by atomic mass is 16.2. The summed E-state index contributed by atoms with van der Waals surface area (Å²) in [6.45, 7) is 4.13. The van der Waals surface area contributed by atoms with Crippen molar-refractivity contribution in [3.63, 3.8) is 0 Å². The van der Waals surface area contributed by atoms with Gasteiger partial charge < -0.3 is 0 Å². The second-order valence-corrected chi connectivity index (χ2v) is 6.97. The Morgan fingerprint density at radius 3 is 2.53 bits per heavy atom. The number of pyridine rings is 1. The molecule has 148 valence electrons. The second-order valence-electron chi connectivity index (χ2n) is 6.97. The van der Waals surface area contributed by atoms with Gasteiger partial charge in [0.25, 0.3) is 5.91 Å². The summed E-state index contributed by atoms with van der Waals surface area (Å²) in [5.41, 5.74) is 8.97. The van der Waals surface area contributed by atoms with Gasteiger partial charge in [-0.3, -0.25) is 9.78 Å². The van der Waals surface area contributed by atoms with E-state index >= 15 is 0 Å². The van der Waals surface area contributed by atoms with Crippen molar-refractivity contribution in [1.82, 2.24) is 20.2 Å². The first kappa shape index (κ1) is 19.3. The summed E-state index contributed by atoms with van der Waals surface area (Å²) in [4.78, 5) is 16.2. The molecule has 2 aromatic heterocycles. The molecule has 0 atom stereocenters. The number of aryl methyl sites for hydroxylation is 2. The Hall–Kier alpha value is -4.06. The molecule has 1 N–H and O–H groups in total. The number of rotatable bonds is 5. The molecule has 2 heterocycles. The maximum absolute atomic E-state index is 12.2. The predicted octanol–water partition coefficient (Wildman–Crippen LogP) is 4.32. The fraction of sp³-hybridized carbons (Fsp3) is 0.0833. The van der Waals surface area contributed by atoms with E-state index in [1.807, 2.05) is 41.2 Å². The third kappa shape index (κ3) is 4.17. The molecule has 0 fully saturated rings. The largest absolute Gasteiger partial charge is 0.271 e. The zero-order valence-corrected chi connectivity index (χ0v) is 16.8. The molecule has 0 radical (unpaired) electrons. The van der Waals surface area contributed by atoms with Gasteiger partial charge in [0.05, 0.1) is 11.9 Å². The van der Waals surface area contributed by atoms with Gasteiger partial charge in [0.2, 0.25) is 0 Å². The van der Waals surface area contributed by atoms with Gasteiger partial charge in [-0.2, -0.15) is 10.2 Å². The van der Waals surface area contributed by atoms with E-state index in [2.05, 4.69) is 47.6 Å². The van der Waals surface area contributed by atoms with Crippen LogP contribution in [-0.4, -0.2) is 26.9 Å². The number of para-hydroxylation sites is 1. The summed E-state index contributed by atoms with van der Waals surface area (Å²) in [6.07, 6.45) is 6.67. The van der Waals surface area contributed by atoms with Crippen molar-refractivity contribution in [3.8, 4) is 16.9 Å². The van der Waals surface area contributed by atoms with Gasteiger partial charge >= 0.3 is 0 Å². The lowest BCUT2D eigenvalue weighted by molar-refractivity contribution is 0.0955. The maximum Gasteiger partial charge on any atom is 0.271 e. The van der Waals surface area contributed by atoms with Crippen molar-refractivity contribution >= 4 is 12.1 Å². The van der Waals surface area contributed by atoms with E-state index in [9.17, 15) is 4.79 Å². The van der Waals surface area contributed by atoms with Crippen LogP contribution >= 0.6 is 0 Å². The molecular formula is C24H21N5O. The van der Waals surface area contributed by atoms with E-state index in [0.29, 0.717) is 5.56 Å². The Balaban J connectivity index is 1.68. The highest BCUT2D eigenvalue weighted by Crippen LogP contribution is 2.26. The summed E-state index contributed by atoms with van der Waals surface area (Å²) >= 11 is 0. The molecule has 0 unspecified atom stereocenters. The third-order valence-electron chi connectivity index (χ3n) is 4.71. The molecule has 4 aromatic rings. The number of aromatic nitrogens is 3. The van der Waals surface area contributed by atoms with Crippen molar-refractivity contribution in [2.45, 2.75) is 13.8 Å². The number of hydrazone groups is 1. The van der Waals surface area contributed by atoms with Gasteiger partial charge in [0.1, 0.15) is 5.69 Å². The average molecular weight is 395 g/mol. The SMILES string of the molecule is Cc1ccc(-c2nn(-c3ccccc3)cc2/C=N\NC(=O)c2ccncc2)c(C)c1. The van der Waals surface area contributed by atoms with Crippen LogP contribution < -0.4 is 5.43 Å². The summed E-state index contributed by atoms with van der Waals surface area (Å²) in [7, 11) is 0. The number of nitrogens with zero attached hydrogens (tertiary/aromatic N) is 4. The van der Waals surface area contributed by atoms with E-state index in [0.717, 1.165) is 28.1 Å². The van der Waals surface area contributed by atoms with Gasteiger partial charge in [-0.25, -0.2) is 10.1 Å². The average Bonchev–Trinajstić information content (AvgIpc) is 3.19. The number of benzene rings is 2. The highest BCUT2D eigenvalue weighted by molar-refractivity contribution is 5.95. The molecule has 0 saturated heterocycles. The summed E-state index contributed by atoms with van der Waals surface area (Å²) in [5, 5.41) is 8.96. The lowest BCUT2D eigenvalue weighted by atomic mass is 10.0. The van der Waals surface area contributed by atoms with Crippen molar-refractivity contribution in [3.05, 3.63) is 102 Å². The van der Waals surface area contributed by atoms with Gasteiger partial charge in [0.15, 0.2) is 0 Å². The maximum atomic E-state index is 12.2. The Morgan fingerprint density at radius 1 is 1.03 bits per heavy atom. The lowest BCUT2D eigenvalue weighted by Crippen LogP contribution is -2.17.